The van der Waals surface area contributed by atoms with Gasteiger partial charge in [0.2, 0.25) is 5.88 Å². The summed E-state index contributed by atoms with van der Waals surface area (Å²) in [6.45, 7) is 0.361. The number of carbonyl (C=O) groups excluding carboxylic acids is 1. The summed E-state index contributed by atoms with van der Waals surface area (Å²) < 4.78 is 7.57. The van der Waals surface area contributed by atoms with Crippen LogP contribution in [-0.4, -0.2) is 26.5 Å². The third-order valence-corrected chi connectivity index (χ3v) is 5.18. The second-order valence-corrected chi connectivity index (χ2v) is 7.77. The summed E-state index contributed by atoms with van der Waals surface area (Å²) >= 11 is 6.03. The van der Waals surface area contributed by atoms with E-state index in [4.69, 9.17) is 16.3 Å². The van der Waals surface area contributed by atoms with Crippen LogP contribution in [0.1, 0.15) is 28.8 Å². The molecule has 0 saturated heterocycles. The first-order valence-corrected chi connectivity index (χ1v) is 10.2. The molecule has 6 nitrogen and oxygen atoms in total. The predicted molar refractivity (Wildman–Crippen MR) is 115 cm³/mol. The molecule has 2 aromatic heterocycles. The Morgan fingerprint density at radius 3 is 2.83 bits per heavy atom. The standard InChI is InChI=1S/C23H19ClN4O2/c24-18-6-1-3-15(11-18)14-30-22-10-9-21-25-13-20(28(21)27-22)16-4-2-5-17(12-16)23(29)26-19-7-8-19/h1-6,9-13,19H,7-8,14H2,(H,26,29). The van der Waals surface area contributed by atoms with E-state index in [1.165, 1.54) is 0 Å². The van der Waals surface area contributed by atoms with Gasteiger partial charge < -0.3 is 10.1 Å². The Hall–Kier alpha value is -3.38. The van der Waals surface area contributed by atoms with Gasteiger partial charge in [0, 0.05) is 28.3 Å². The van der Waals surface area contributed by atoms with E-state index in [1.807, 2.05) is 54.6 Å². The summed E-state index contributed by atoms with van der Waals surface area (Å²) in [6, 6.07) is 19.0. The van der Waals surface area contributed by atoms with Gasteiger partial charge in [-0.15, -0.1) is 5.10 Å². The van der Waals surface area contributed by atoms with Crippen molar-refractivity contribution in [2.45, 2.75) is 25.5 Å². The number of nitrogens with zero attached hydrogens (tertiary/aromatic N) is 3. The molecule has 1 saturated carbocycles. The molecule has 5 rings (SSSR count). The quantitative estimate of drug-likeness (QED) is 0.499. The lowest BCUT2D eigenvalue weighted by atomic mass is 10.1. The number of rotatable bonds is 6. The van der Waals surface area contributed by atoms with Crippen LogP contribution in [0.3, 0.4) is 0 Å². The number of benzene rings is 2. The zero-order chi connectivity index (χ0) is 20.5. The monoisotopic (exact) mass is 418 g/mol. The van der Waals surface area contributed by atoms with E-state index in [1.54, 1.807) is 16.8 Å². The minimum atomic E-state index is -0.0494. The van der Waals surface area contributed by atoms with E-state index < -0.39 is 0 Å². The lowest BCUT2D eigenvalue weighted by Crippen LogP contribution is -2.25. The fourth-order valence-corrected chi connectivity index (χ4v) is 3.44. The number of amides is 1. The van der Waals surface area contributed by atoms with Crippen LogP contribution in [0.4, 0.5) is 0 Å². The van der Waals surface area contributed by atoms with Crippen LogP contribution >= 0.6 is 11.6 Å². The molecule has 1 fully saturated rings. The van der Waals surface area contributed by atoms with Crippen LogP contribution in [0.25, 0.3) is 16.9 Å². The van der Waals surface area contributed by atoms with Crippen molar-refractivity contribution in [3.05, 3.63) is 83.0 Å². The number of imidazole rings is 1. The molecule has 2 heterocycles. The number of fused-ring (bicyclic) bond motifs is 1. The normalized spacial score (nSPS) is 13.4. The van der Waals surface area contributed by atoms with Crippen molar-refractivity contribution in [1.82, 2.24) is 19.9 Å². The van der Waals surface area contributed by atoms with Crippen LogP contribution < -0.4 is 10.1 Å². The van der Waals surface area contributed by atoms with E-state index in [0.29, 0.717) is 34.8 Å². The molecule has 1 aliphatic rings. The summed E-state index contributed by atoms with van der Waals surface area (Å²) in [4.78, 5) is 16.8. The summed E-state index contributed by atoms with van der Waals surface area (Å²) in [5.74, 6) is 0.427. The van der Waals surface area contributed by atoms with Gasteiger partial charge in [0.05, 0.1) is 11.9 Å². The minimum Gasteiger partial charge on any atom is -0.472 e. The molecule has 1 aliphatic carbocycles. The Bertz CT molecular complexity index is 1230. The molecule has 7 heteroatoms. The van der Waals surface area contributed by atoms with Crippen LogP contribution in [0, 0.1) is 0 Å². The molecule has 0 aliphatic heterocycles. The average Bonchev–Trinajstić information content (AvgIpc) is 3.48. The summed E-state index contributed by atoms with van der Waals surface area (Å²) in [5, 5.41) is 8.27. The number of hydrogen-bond acceptors (Lipinski definition) is 4. The Labute approximate surface area is 178 Å². The van der Waals surface area contributed by atoms with Crippen molar-refractivity contribution in [3.8, 4) is 17.1 Å². The minimum absolute atomic E-state index is 0.0494. The molecule has 0 unspecified atom stereocenters. The van der Waals surface area contributed by atoms with Crippen molar-refractivity contribution in [2.75, 3.05) is 0 Å². The van der Waals surface area contributed by atoms with Gasteiger partial charge in [0.25, 0.3) is 5.91 Å². The van der Waals surface area contributed by atoms with Crippen LogP contribution in [0.15, 0.2) is 66.9 Å². The van der Waals surface area contributed by atoms with Gasteiger partial charge in [-0.25, -0.2) is 9.50 Å². The number of halogens is 1. The highest BCUT2D eigenvalue weighted by Crippen LogP contribution is 2.24. The van der Waals surface area contributed by atoms with Gasteiger partial charge in [-0.1, -0.05) is 35.9 Å². The van der Waals surface area contributed by atoms with Gasteiger partial charge in [-0.05, 0) is 48.7 Å². The zero-order valence-electron chi connectivity index (χ0n) is 16.1. The SMILES string of the molecule is O=C(NC1CC1)c1cccc(-c2cnc3ccc(OCc4cccc(Cl)c4)nn23)c1. The summed E-state index contributed by atoms with van der Waals surface area (Å²) in [7, 11) is 0. The molecule has 0 spiro atoms. The second kappa shape index (κ2) is 7.80. The second-order valence-electron chi connectivity index (χ2n) is 7.33. The lowest BCUT2D eigenvalue weighted by Gasteiger charge is -2.08. The maximum Gasteiger partial charge on any atom is 0.251 e. The molecule has 0 bridgehead atoms. The van der Waals surface area contributed by atoms with Crippen molar-refractivity contribution >= 4 is 23.2 Å². The fraction of sp³-hybridized carbons (Fsp3) is 0.174. The molecule has 0 atom stereocenters. The van der Waals surface area contributed by atoms with Crippen LogP contribution in [0.2, 0.25) is 5.02 Å². The lowest BCUT2D eigenvalue weighted by molar-refractivity contribution is 0.0951. The average molecular weight is 419 g/mol. The summed E-state index contributed by atoms with van der Waals surface area (Å²) in [5.41, 5.74) is 3.95. The van der Waals surface area contributed by atoms with Gasteiger partial charge in [-0.3, -0.25) is 4.79 Å². The first kappa shape index (κ1) is 18.6. The number of aromatic nitrogens is 3. The van der Waals surface area contributed by atoms with Crippen molar-refractivity contribution < 1.29 is 9.53 Å². The fourth-order valence-electron chi connectivity index (χ4n) is 3.23. The number of hydrogen-bond donors (Lipinski definition) is 1. The number of nitrogens with one attached hydrogen (secondary N) is 1. The van der Waals surface area contributed by atoms with E-state index in [-0.39, 0.29) is 5.91 Å². The van der Waals surface area contributed by atoms with E-state index in [2.05, 4.69) is 15.4 Å². The summed E-state index contributed by atoms with van der Waals surface area (Å²) in [6.07, 6.45) is 3.86. The molecule has 2 aromatic carbocycles. The Kier molecular flexibility index (Phi) is 4.85. The van der Waals surface area contributed by atoms with Crippen molar-refractivity contribution in [1.29, 1.82) is 0 Å². The highest BCUT2D eigenvalue weighted by Gasteiger charge is 2.24. The molecule has 1 amide bonds. The molecular weight excluding hydrogens is 400 g/mol. The molecule has 150 valence electrons. The molecule has 0 radical (unpaired) electrons. The zero-order valence-corrected chi connectivity index (χ0v) is 16.8. The maximum atomic E-state index is 12.4. The van der Waals surface area contributed by atoms with Gasteiger partial charge in [0.15, 0.2) is 5.65 Å². The highest BCUT2D eigenvalue weighted by molar-refractivity contribution is 6.30. The molecule has 1 N–H and O–H groups in total. The highest BCUT2D eigenvalue weighted by atomic mass is 35.5. The van der Waals surface area contributed by atoms with Crippen molar-refractivity contribution in [2.24, 2.45) is 0 Å². The van der Waals surface area contributed by atoms with E-state index in [0.717, 1.165) is 29.7 Å². The first-order chi connectivity index (χ1) is 14.7. The molecule has 30 heavy (non-hydrogen) atoms. The van der Waals surface area contributed by atoms with E-state index in [9.17, 15) is 4.79 Å². The van der Waals surface area contributed by atoms with Gasteiger partial charge in [-0.2, -0.15) is 0 Å². The smallest absolute Gasteiger partial charge is 0.251 e. The molecule has 4 aromatic rings. The predicted octanol–water partition coefficient (Wildman–Crippen LogP) is 4.52. The Morgan fingerprint density at radius 2 is 2.00 bits per heavy atom. The van der Waals surface area contributed by atoms with Gasteiger partial charge in [0.1, 0.15) is 6.61 Å². The van der Waals surface area contributed by atoms with Crippen LogP contribution in [-0.2, 0) is 6.61 Å². The largest absolute Gasteiger partial charge is 0.472 e. The third kappa shape index (κ3) is 4.00. The Morgan fingerprint density at radius 1 is 1.13 bits per heavy atom. The Balaban J connectivity index is 1.41. The third-order valence-electron chi connectivity index (χ3n) is 4.95. The van der Waals surface area contributed by atoms with E-state index >= 15 is 0 Å². The maximum absolute atomic E-state index is 12.4. The van der Waals surface area contributed by atoms with Gasteiger partial charge >= 0.3 is 0 Å². The number of ether oxygens (including phenoxy) is 1. The molecular formula is C23H19ClN4O2. The van der Waals surface area contributed by atoms with Crippen LogP contribution in [0.5, 0.6) is 5.88 Å². The topological polar surface area (TPSA) is 68.5 Å². The first-order valence-electron chi connectivity index (χ1n) is 9.79. The number of carbonyl (C=O) groups is 1. The van der Waals surface area contributed by atoms with Crippen molar-refractivity contribution in [3.63, 3.8) is 0 Å².